The third-order valence-electron chi connectivity index (χ3n) is 5.68. The summed E-state index contributed by atoms with van der Waals surface area (Å²) in [7, 11) is -3.69. The molecule has 0 unspecified atom stereocenters. The Kier molecular flexibility index (Phi) is 8.25. The second kappa shape index (κ2) is 10.5. The summed E-state index contributed by atoms with van der Waals surface area (Å²) >= 11 is 9.68. The van der Waals surface area contributed by atoms with E-state index in [2.05, 4.69) is 21.2 Å². The van der Waals surface area contributed by atoms with E-state index in [9.17, 15) is 13.2 Å². The quantitative estimate of drug-likeness (QED) is 0.507. The normalized spacial score (nSPS) is 15.5. The maximum Gasteiger partial charge on any atom is 0.243 e. The lowest BCUT2D eigenvalue weighted by molar-refractivity contribution is -0.120. The fourth-order valence-electron chi connectivity index (χ4n) is 3.92. The molecule has 0 saturated carbocycles. The maximum atomic E-state index is 13.1. The van der Waals surface area contributed by atoms with Gasteiger partial charge in [-0.15, -0.1) is 0 Å². The number of ether oxygens (including phenoxy) is 1. The van der Waals surface area contributed by atoms with E-state index >= 15 is 0 Å². The highest BCUT2D eigenvalue weighted by Gasteiger charge is 2.32. The number of hydrogen-bond donors (Lipinski definition) is 1. The number of sulfonamides is 1. The van der Waals surface area contributed by atoms with Crippen molar-refractivity contribution in [3.63, 3.8) is 0 Å². The SMILES string of the molecule is CCOc1ccc(S(=O)(=O)N2CCC(C(=O)Nc3c(C)cc(Br)cc3CC)CC2)cc1Cl. The summed E-state index contributed by atoms with van der Waals surface area (Å²) in [6.45, 7) is 6.86. The molecule has 2 aromatic rings. The number of rotatable bonds is 7. The molecule has 1 amide bonds. The van der Waals surface area contributed by atoms with Gasteiger partial charge in [-0.3, -0.25) is 4.79 Å². The molecule has 0 aromatic heterocycles. The smallest absolute Gasteiger partial charge is 0.243 e. The van der Waals surface area contributed by atoms with Crippen LogP contribution in [-0.2, 0) is 21.2 Å². The Morgan fingerprint density at radius 3 is 2.50 bits per heavy atom. The summed E-state index contributed by atoms with van der Waals surface area (Å²) in [4.78, 5) is 13.1. The fraction of sp³-hybridized carbons (Fsp3) is 0.435. The topological polar surface area (TPSA) is 75.7 Å². The fourth-order valence-corrected chi connectivity index (χ4v) is 6.33. The van der Waals surface area contributed by atoms with E-state index in [-0.39, 0.29) is 34.8 Å². The molecule has 174 valence electrons. The Bertz CT molecular complexity index is 1100. The number of nitrogens with zero attached hydrogens (tertiary/aromatic N) is 1. The van der Waals surface area contributed by atoms with Crippen molar-refractivity contribution < 1.29 is 17.9 Å². The van der Waals surface area contributed by atoms with E-state index in [0.717, 1.165) is 27.7 Å². The van der Waals surface area contributed by atoms with Crippen LogP contribution in [0, 0.1) is 12.8 Å². The van der Waals surface area contributed by atoms with Crippen molar-refractivity contribution in [3.8, 4) is 5.75 Å². The number of amides is 1. The standard InChI is InChI=1S/C23H28BrClN2O4S/c1-4-16-13-18(24)12-15(3)22(16)26-23(28)17-8-10-27(11-9-17)32(29,30)19-6-7-21(31-5-2)20(25)14-19/h6-7,12-14,17H,4-5,8-11H2,1-3H3,(H,26,28). The van der Waals surface area contributed by atoms with Gasteiger partial charge in [0.05, 0.1) is 16.5 Å². The molecule has 1 aliphatic rings. The Hall–Kier alpha value is -1.61. The van der Waals surface area contributed by atoms with Gasteiger partial charge in [-0.1, -0.05) is 34.5 Å². The van der Waals surface area contributed by atoms with E-state index in [4.69, 9.17) is 16.3 Å². The lowest BCUT2D eigenvalue weighted by Crippen LogP contribution is -2.41. The zero-order valence-electron chi connectivity index (χ0n) is 18.5. The van der Waals surface area contributed by atoms with Crippen LogP contribution in [0.5, 0.6) is 5.75 Å². The molecular formula is C23H28BrClN2O4S. The number of hydrogen-bond acceptors (Lipinski definition) is 4. The molecule has 0 atom stereocenters. The van der Waals surface area contributed by atoms with Crippen LogP contribution in [0.15, 0.2) is 39.7 Å². The average Bonchev–Trinajstić information content (AvgIpc) is 2.76. The van der Waals surface area contributed by atoms with Gasteiger partial charge >= 0.3 is 0 Å². The minimum Gasteiger partial charge on any atom is -0.492 e. The van der Waals surface area contributed by atoms with Gasteiger partial charge in [0.25, 0.3) is 0 Å². The summed E-state index contributed by atoms with van der Waals surface area (Å²) in [6.07, 6.45) is 1.73. The lowest BCUT2D eigenvalue weighted by Gasteiger charge is -2.31. The second-order valence-corrected chi connectivity index (χ2v) is 11.1. The van der Waals surface area contributed by atoms with Gasteiger partial charge in [-0.2, -0.15) is 4.31 Å². The van der Waals surface area contributed by atoms with Crippen LogP contribution >= 0.6 is 27.5 Å². The van der Waals surface area contributed by atoms with Crippen LogP contribution in [0.2, 0.25) is 5.02 Å². The molecule has 0 spiro atoms. The predicted octanol–water partition coefficient (Wildman–Crippen LogP) is 5.41. The van der Waals surface area contributed by atoms with Crippen molar-refractivity contribution in [2.75, 3.05) is 25.0 Å². The molecule has 0 aliphatic carbocycles. The Morgan fingerprint density at radius 1 is 1.22 bits per heavy atom. The van der Waals surface area contributed by atoms with Crippen molar-refractivity contribution in [2.45, 2.75) is 44.9 Å². The molecule has 6 nitrogen and oxygen atoms in total. The second-order valence-electron chi connectivity index (χ2n) is 7.80. The minimum atomic E-state index is -3.69. The zero-order chi connectivity index (χ0) is 23.5. The van der Waals surface area contributed by atoms with Gasteiger partial charge in [0, 0.05) is 29.2 Å². The van der Waals surface area contributed by atoms with Crippen LogP contribution in [0.4, 0.5) is 5.69 Å². The number of anilines is 1. The van der Waals surface area contributed by atoms with Crippen molar-refractivity contribution in [1.29, 1.82) is 0 Å². The maximum absolute atomic E-state index is 13.1. The van der Waals surface area contributed by atoms with Gasteiger partial charge in [-0.05, 0) is 74.6 Å². The molecule has 3 rings (SSSR count). The highest BCUT2D eigenvalue weighted by Crippen LogP contribution is 2.31. The third-order valence-corrected chi connectivity index (χ3v) is 8.32. The van der Waals surface area contributed by atoms with Crippen LogP contribution in [-0.4, -0.2) is 38.3 Å². The lowest BCUT2D eigenvalue weighted by atomic mass is 9.96. The summed E-state index contributed by atoms with van der Waals surface area (Å²) < 4.78 is 33.9. The minimum absolute atomic E-state index is 0.0636. The molecule has 2 aromatic carbocycles. The van der Waals surface area contributed by atoms with E-state index in [1.807, 2.05) is 32.9 Å². The molecule has 0 bridgehead atoms. The molecular weight excluding hydrogens is 516 g/mol. The van der Waals surface area contributed by atoms with Gasteiger partial charge < -0.3 is 10.1 Å². The molecule has 1 saturated heterocycles. The van der Waals surface area contributed by atoms with E-state index in [0.29, 0.717) is 25.2 Å². The third kappa shape index (κ3) is 5.47. The Morgan fingerprint density at radius 2 is 1.91 bits per heavy atom. The van der Waals surface area contributed by atoms with E-state index in [1.165, 1.54) is 16.4 Å². The summed E-state index contributed by atoms with van der Waals surface area (Å²) in [5.41, 5.74) is 2.91. The number of carbonyl (C=O) groups excluding carboxylic acids is 1. The van der Waals surface area contributed by atoms with E-state index in [1.54, 1.807) is 6.07 Å². The molecule has 1 fully saturated rings. The first kappa shape index (κ1) is 25.0. The first-order chi connectivity index (χ1) is 15.2. The number of nitrogens with one attached hydrogen (secondary N) is 1. The first-order valence-corrected chi connectivity index (χ1v) is 13.3. The largest absolute Gasteiger partial charge is 0.492 e. The number of benzene rings is 2. The number of aryl methyl sites for hydroxylation is 2. The summed E-state index contributed by atoms with van der Waals surface area (Å²) in [5, 5.41) is 3.34. The van der Waals surface area contributed by atoms with Crippen LogP contribution in [0.25, 0.3) is 0 Å². The molecule has 32 heavy (non-hydrogen) atoms. The average molecular weight is 544 g/mol. The predicted molar refractivity (Wildman–Crippen MR) is 131 cm³/mol. The van der Waals surface area contributed by atoms with Crippen LogP contribution < -0.4 is 10.1 Å². The highest BCUT2D eigenvalue weighted by atomic mass is 79.9. The Balaban J connectivity index is 1.67. The Labute approximate surface area is 203 Å². The molecule has 1 N–H and O–H groups in total. The molecule has 1 aliphatic heterocycles. The summed E-state index contributed by atoms with van der Waals surface area (Å²) in [5.74, 6) is 0.155. The van der Waals surface area contributed by atoms with Gasteiger partial charge in [0.2, 0.25) is 15.9 Å². The number of halogens is 2. The van der Waals surface area contributed by atoms with Crippen molar-refractivity contribution in [1.82, 2.24) is 4.31 Å². The molecule has 1 heterocycles. The summed E-state index contributed by atoms with van der Waals surface area (Å²) in [6, 6.07) is 8.49. The van der Waals surface area contributed by atoms with Crippen LogP contribution in [0.1, 0.15) is 37.8 Å². The number of carbonyl (C=O) groups is 1. The molecule has 9 heteroatoms. The van der Waals surface area contributed by atoms with Gasteiger partial charge in [0.1, 0.15) is 5.75 Å². The van der Waals surface area contributed by atoms with E-state index < -0.39 is 10.0 Å². The van der Waals surface area contributed by atoms with Crippen LogP contribution in [0.3, 0.4) is 0 Å². The van der Waals surface area contributed by atoms with Crippen molar-refractivity contribution in [2.24, 2.45) is 5.92 Å². The number of piperidine rings is 1. The van der Waals surface area contributed by atoms with Crippen molar-refractivity contribution >= 4 is 49.1 Å². The first-order valence-electron chi connectivity index (χ1n) is 10.7. The monoisotopic (exact) mass is 542 g/mol. The molecule has 0 radical (unpaired) electrons. The highest BCUT2D eigenvalue weighted by molar-refractivity contribution is 9.10. The van der Waals surface area contributed by atoms with Gasteiger partial charge in [-0.25, -0.2) is 8.42 Å². The zero-order valence-corrected chi connectivity index (χ0v) is 21.6. The van der Waals surface area contributed by atoms with Gasteiger partial charge in [0.15, 0.2) is 0 Å². The van der Waals surface area contributed by atoms with Crippen molar-refractivity contribution in [3.05, 3.63) is 51.0 Å².